The summed E-state index contributed by atoms with van der Waals surface area (Å²) in [4.78, 5) is 43.2. The summed E-state index contributed by atoms with van der Waals surface area (Å²) < 4.78 is 4.52. The predicted octanol–water partition coefficient (Wildman–Crippen LogP) is 2.85. The molecule has 0 saturated carbocycles. The predicted molar refractivity (Wildman–Crippen MR) is 147 cm³/mol. The second kappa shape index (κ2) is 11.0. The van der Waals surface area contributed by atoms with Gasteiger partial charge in [-0.05, 0) is 55.5 Å². The summed E-state index contributed by atoms with van der Waals surface area (Å²) in [6.45, 7) is 2.27. The van der Waals surface area contributed by atoms with Crippen LogP contribution in [-0.4, -0.2) is 70.1 Å². The van der Waals surface area contributed by atoms with Gasteiger partial charge in [0, 0.05) is 17.5 Å². The lowest BCUT2D eigenvalue weighted by atomic mass is 9.70. The van der Waals surface area contributed by atoms with Gasteiger partial charge in [-0.2, -0.15) is 0 Å². The number of likely N-dealkylation sites (tertiary alicyclic amines) is 1. The van der Waals surface area contributed by atoms with E-state index < -0.39 is 28.7 Å². The van der Waals surface area contributed by atoms with Crippen molar-refractivity contribution >= 4 is 35.2 Å². The molecule has 3 amide bonds. The van der Waals surface area contributed by atoms with Crippen molar-refractivity contribution in [3.63, 3.8) is 0 Å². The number of carbonyl (C=O) groups excluding carboxylic acids is 3. The number of nitrogens with one attached hydrogen (secondary N) is 2. The summed E-state index contributed by atoms with van der Waals surface area (Å²) >= 11 is 1.63. The number of thioether (sulfide) groups is 1. The first-order valence-corrected chi connectivity index (χ1v) is 14.2. The Hall–Kier alpha value is -3.04. The highest BCUT2D eigenvalue weighted by Crippen LogP contribution is 2.66. The van der Waals surface area contributed by atoms with Gasteiger partial charge in [0.05, 0.1) is 36.3 Å². The van der Waals surface area contributed by atoms with Gasteiger partial charge in [0.1, 0.15) is 11.8 Å². The van der Waals surface area contributed by atoms with E-state index in [9.17, 15) is 19.5 Å². The van der Waals surface area contributed by atoms with E-state index in [1.807, 2.05) is 37.3 Å². The molecule has 2 aromatic rings. The van der Waals surface area contributed by atoms with Crippen molar-refractivity contribution in [2.24, 2.45) is 11.8 Å². The number of anilines is 1. The topological polar surface area (TPSA) is 108 Å². The largest absolute Gasteiger partial charge is 0.497 e. The van der Waals surface area contributed by atoms with Crippen LogP contribution in [0.2, 0.25) is 0 Å². The van der Waals surface area contributed by atoms with Crippen LogP contribution in [0.5, 0.6) is 5.75 Å². The van der Waals surface area contributed by atoms with Crippen molar-refractivity contribution in [3.05, 3.63) is 60.2 Å². The van der Waals surface area contributed by atoms with Gasteiger partial charge in [-0.1, -0.05) is 37.3 Å². The molecule has 9 heteroatoms. The normalized spacial score (nSPS) is 28.2. The number of aliphatic hydroxyl groups excluding tert-OH is 1. The number of hydrogen-bond acceptors (Lipinski definition) is 6. The highest BCUT2D eigenvalue weighted by atomic mass is 32.2. The Morgan fingerprint density at radius 3 is 2.55 bits per heavy atom. The van der Waals surface area contributed by atoms with E-state index in [1.54, 1.807) is 48.0 Å². The minimum Gasteiger partial charge on any atom is -0.497 e. The van der Waals surface area contributed by atoms with Crippen LogP contribution in [0.15, 0.2) is 54.6 Å². The van der Waals surface area contributed by atoms with E-state index in [2.05, 4.69) is 10.6 Å². The van der Waals surface area contributed by atoms with E-state index in [4.69, 9.17) is 4.74 Å². The summed E-state index contributed by atoms with van der Waals surface area (Å²) in [5, 5.41) is 16.5. The number of hydrogen-bond donors (Lipinski definition) is 3. The molecule has 2 bridgehead atoms. The third kappa shape index (κ3) is 4.56. The molecule has 6 atom stereocenters. The summed E-state index contributed by atoms with van der Waals surface area (Å²) in [6, 6.07) is 15.3. The molecule has 3 N–H and O–H groups in total. The van der Waals surface area contributed by atoms with Crippen molar-refractivity contribution in [2.75, 3.05) is 25.6 Å². The second-order valence-corrected chi connectivity index (χ2v) is 11.9. The zero-order valence-corrected chi connectivity index (χ0v) is 22.6. The van der Waals surface area contributed by atoms with Crippen LogP contribution in [-0.2, 0) is 20.8 Å². The first kappa shape index (κ1) is 26.6. The van der Waals surface area contributed by atoms with Gasteiger partial charge < -0.3 is 25.4 Å². The molecule has 3 saturated heterocycles. The van der Waals surface area contributed by atoms with Crippen molar-refractivity contribution < 1.29 is 24.2 Å². The zero-order chi connectivity index (χ0) is 26.9. The maximum absolute atomic E-state index is 14.2. The fourth-order valence-corrected chi connectivity index (χ4v) is 8.68. The molecule has 0 radical (unpaired) electrons. The molecule has 2 unspecified atom stereocenters. The molecule has 0 aromatic heterocycles. The molecule has 3 aliphatic heterocycles. The molecule has 38 heavy (non-hydrogen) atoms. The molecule has 1 spiro atoms. The monoisotopic (exact) mass is 537 g/mol. The molecule has 3 heterocycles. The van der Waals surface area contributed by atoms with Gasteiger partial charge in [-0.25, -0.2) is 0 Å². The Kier molecular flexibility index (Phi) is 7.68. The Balaban J connectivity index is 1.51. The molecular weight excluding hydrogens is 502 g/mol. The lowest BCUT2D eigenvalue weighted by Gasteiger charge is -2.37. The SMILES string of the molecule is CCCNC(=O)[C@@H]1[C@@H]2CCC3(S2)C(C(=O)Nc2ccc(OC)cc2)N([C@@H](CO)Cc2ccccc2)C(=O)[C@H]13. The van der Waals surface area contributed by atoms with Crippen LogP contribution < -0.4 is 15.4 Å². The van der Waals surface area contributed by atoms with Gasteiger partial charge in [0.25, 0.3) is 0 Å². The third-order valence-corrected chi connectivity index (χ3v) is 10.1. The van der Waals surface area contributed by atoms with Crippen LogP contribution in [0.25, 0.3) is 0 Å². The van der Waals surface area contributed by atoms with Crippen molar-refractivity contribution in [2.45, 2.75) is 54.7 Å². The van der Waals surface area contributed by atoms with E-state index in [1.165, 1.54) is 0 Å². The second-order valence-electron chi connectivity index (χ2n) is 10.3. The highest BCUT2D eigenvalue weighted by Gasteiger charge is 2.74. The lowest BCUT2D eigenvalue weighted by Crippen LogP contribution is -2.55. The van der Waals surface area contributed by atoms with Crippen LogP contribution in [0.4, 0.5) is 5.69 Å². The summed E-state index contributed by atoms with van der Waals surface area (Å²) in [5.74, 6) is -1.01. The van der Waals surface area contributed by atoms with Crippen LogP contribution in [0.3, 0.4) is 0 Å². The number of nitrogens with zero attached hydrogens (tertiary/aromatic N) is 1. The summed E-state index contributed by atoms with van der Waals surface area (Å²) in [7, 11) is 1.58. The Morgan fingerprint density at radius 1 is 1.16 bits per heavy atom. The first-order valence-electron chi connectivity index (χ1n) is 13.3. The van der Waals surface area contributed by atoms with Gasteiger partial charge in [0.2, 0.25) is 17.7 Å². The number of carbonyl (C=O) groups is 3. The fourth-order valence-electron chi connectivity index (χ4n) is 6.47. The maximum Gasteiger partial charge on any atom is 0.248 e. The lowest BCUT2D eigenvalue weighted by molar-refractivity contribution is -0.142. The van der Waals surface area contributed by atoms with E-state index in [0.717, 1.165) is 18.4 Å². The Morgan fingerprint density at radius 2 is 1.89 bits per heavy atom. The molecular formula is C29H35N3O5S. The number of aliphatic hydroxyl groups is 1. The van der Waals surface area contributed by atoms with Crippen LogP contribution in [0, 0.1) is 11.8 Å². The minimum absolute atomic E-state index is 0.000873. The smallest absolute Gasteiger partial charge is 0.248 e. The average molecular weight is 538 g/mol. The average Bonchev–Trinajstić information content (AvgIpc) is 3.58. The van der Waals surface area contributed by atoms with E-state index >= 15 is 0 Å². The van der Waals surface area contributed by atoms with Crippen LogP contribution in [0.1, 0.15) is 31.7 Å². The van der Waals surface area contributed by atoms with Crippen LogP contribution >= 0.6 is 11.8 Å². The Labute approximate surface area is 227 Å². The quantitative estimate of drug-likeness (QED) is 0.430. The molecule has 5 rings (SSSR count). The summed E-state index contributed by atoms with van der Waals surface area (Å²) in [5.41, 5.74) is 1.57. The van der Waals surface area contributed by atoms with E-state index in [0.29, 0.717) is 30.8 Å². The number of ether oxygens (including phenoxy) is 1. The molecule has 2 aromatic carbocycles. The minimum atomic E-state index is -0.804. The molecule has 3 aliphatic rings. The van der Waals surface area contributed by atoms with Crippen molar-refractivity contribution in [3.8, 4) is 5.75 Å². The number of rotatable bonds is 10. The fraction of sp³-hybridized carbons (Fsp3) is 0.483. The standard InChI is InChI=1S/C29H35N3O5S/c1-3-15-30-26(34)23-22-13-14-29(38-22)24(23)28(36)32(20(17-33)16-18-7-5-4-6-8-18)25(29)27(35)31-19-9-11-21(37-2)12-10-19/h4-12,20,22-25,33H,3,13-17H2,1-2H3,(H,30,34)(H,31,35)/t20-,22+,23-,24+,25?,29?/m1/s1. The summed E-state index contributed by atoms with van der Waals surface area (Å²) in [6.07, 6.45) is 2.68. The number of benzene rings is 2. The zero-order valence-electron chi connectivity index (χ0n) is 21.8. The van der Waals surface area contributed by atoms with Gasteiger partial charge in [-0.3, -0.25) is 14.4 Å². The molecule has 0 aliphatic carbocycles. The molecule has 202 valence electrons. The van der Waals surface area contributed by atoms with Gasteiger partial charge >= 0.3 is 0 Å². The van der Waals surface area contributed by atoms with Gasteiger partial charge in [-0.15, -0.1) is 11.8 Å². The van der Waals surface area contributed by atoms with E-state index in [-0.39, 0.29) is 29.6 Å². The number of fused-ring (bicyclic) bond motifs is 1. The maximum atomic E-state index is 14.2. The third-order valence-electron chi connectivity index (χ3n) is 8.11. The van der Waals surface area contributed by atoms with Crippen molar-refractivity contribution in [1.29, 1.82) is 0 Å². The molecule has 8 nitrogen and oxygen atoms in total. The van der Waals surface area contributed by atoms with Crippen molar-refractivity contribution in [1.82, 2.24) is 10.2 Å². The first-order chi connectivity index (χ1) is 18.4. The number of methoxy groups -OCH3 is 1. The highest BCUT2D eigenvalue weighted by molar-refractivity contribution is 8.02. The van der Waals surface area contributed by atoms with Gasteiger partial charge in [0.15, 0.2) is 0 Å². The molecule has 3 fully saturated rings. The Bertz CT molecular complexity index is 1180. The number of amides is 3.